The lowest BCUT2D eigenvalue weighted by Gasteiger charge is -2.40. The first-order chi connectivity index (χ1) is 21.0. The van der Waals surface area contributed by atoms with Crippen molar-refractivity contribution >= 4 is 58.6 Å². The van der Waals surface area contributed by atoms with E-state index in [4.69, 9.17) is 15.5 Å². The van der Waals surface area contributed by atoms with Crippen LogP contribution >= 0.6 is 20.6 Å². The summed E-state index contributed by atoms with van der Waals surface area (Å²) in [7, 11) is 4.82. The molecule has 234 valence electrons. The van der Waals surface area contributed by atoms with Crippen LogP contribution < -0.4 is 26.8 Å². The standard InChI is InChI=1S/C27H29FN5OPS.C6H13NO/c1-4-14(2)21-17(10-31-15(3)33-7-5-6-8-33)18-12-34-13-19(18)22(25(21)35)24-23-16(9-29)27(30)36-26(23)20(28)11-32-24;1-6(8)3-5(4-6)7-2/h10-11H,4-8,12-13,30,35H2,1-3H3;5,7-8H,3-4H2,1-2H3/b17-10-,21-14?,31-15?;. The van der Waals surface area contributed by atoms with Crippen LogP contribution in [0.15, 0.2) is 11.2 Å². The minimum atomic E-state index is -0.474. The largest absolute Gasteiger partial charge is 0.390 e. The molecule has 0 bridgehead atoms. The van der Waals surface area contributed by atoms with Crippen molar-refractivity contribution < 1.29 is 14.2 Å². The normalized spacial score (nSPS) is 22.4. The molecule has 1 saturated carbocycles. The fourth-order valence-electron chi connectivity index (χ4n) is 6.40. The molecule has 2 fully saturated rings. The highest BCUT2D eigenvalue weighted by atomic mass is 32.1. The predicted molar refractivity (Wildman–Crippen MR) is 182 cm³/mol. The van der Waals surface area contributed by atoms with Crippen molar-refractivity contribution in [3.05, 3.63) is 39.1 Å². The highest BCUT2D eigenvalue weighted by Gasteiger charge is 2.37. The van der Waals surface area contributed by atoms with Crippen molar-refractivity contribution in [1.82, 2.24) is 15.2 Å². The molecule has 1 aliphatic carbocycles. The number of likely N-dealkylation sites (tertiary alicyclic amines) is 1. The summed E-state index contributed by atoms with van der Waals surface area (Å²) >= 11 is 1.09. The Labute approximate surface area is 264 Å². The van der Waals surface area contributed by atoms with Crippen LogP contribution in [-0.4, -0.2) is 52.6 Å². The molecule has 4 heterocycles. The number of nitriles is 1. The number of benzene rings is 1. The number of amidine groups is 1. The minimum Gasteiger partial charge on any atom is -0.390 e. The first-order valence-corrected chi connectivity index (χ1v) is 16.6. The van der Waals surface area contributed by atoms with Crippen LogP contribution in [0.25, 0.3) is 33.1 Å². The number of nitrogens with one attached hydrogen (secondary N) is 1. The van der Waals surface area contributed by atoms with E-state index in [1.54, 1.807) is 0 Å². The van der Waals surface area contributed by atoms with Gasteiger partial charge >= 0.3 is 0 Å². The fraction of sp³-hybridized carbons (Fsp3) is 0.485. The summed E-state index contributed by atoms with van der Waals surface area (Å²) in [5, 5.41) is 26.0. The van der Waals surface area contributed by atoms with Gasteiger partial charge in [-0.15, -0.1) is 20.6 Å². The topological polar surface area (TPSA) is 120 Å². The molecule has 1 saturated heterocycles. The molecule has 0 radical (unpaired) electrons. The zero-order valence-corrected chi connectivity index (χ0v) is 28.2. The summed E-state index contributed by atoms with van der Waals surface area (Å²) in [6.45, 7) is 11.2. The number of anilines is 1. The minimum absolute atomic E-state index is 0.272. The first kappa shape index (κ1) is 32.5. The van der Waals surface area contributed by atoms with Crippen LogP contribution in [0.2, 0.25) is 0 Å². The maximum absolute atomic E-state index is 14.7. The summed E-state index contributed by atoms with van der Waals surface area (Å²) in [5.74, 6) is 0.544. The van der Waals surface area contributed by atoms with Crippen molar-refractivity contribution in [3.8, 4) is 17.3 Å². The van der Waals surface area contributed by atoms with Gasteiger partial charge in [-0.25, -0.2) is 9.38 Å². The van der Waals surface area contributed by atoms with Gasteiger partial charge in [-0.05, 0) is 81.6 Å². The third-order valence-electron chi connectivity index (χ3n) is 9.02. The molecule has 1 atom stereocenters. The van der Waals surface area contributed by atoms with Crippen molar-refractivity contribution in [3.63, 3.8) is 0 Å². The number of thiophene rings is 1. The van der Waals surface area contributed by atoms with Gasteiger partial charge in [0.15, 0.2) is 5.82 Å². The molecule has 1 unspecified atom stereocenters. The van der Waals surface area contributed by atoms with E-state index in [-0.39, 0.29) is 11.2 Å². The number of aliphatic imine (C=N–C) groups is 1. The van der Waals surface area contributed by atoms with Gasteiger partial charge in [-0.1, -0.05) is 12.5 Å². The van der Waals surface area contributed by atoms with E-state index in [1.165, 1.54) is 24.6 Å². The van der Waals surface area contributed by atoms with Crippen molar-refractivity contribution in [2.24, 2.45) is 4.99 Å². The van der Waals surface area contributed by atoms with Gasteiger partial charge in [0.2, 0.25) is 0 Å². The lowest BCUT2D eigenvalue weighted by atomic mass is 9.77. The number of ether oxygens (including phenoxy) is 1. The smallest absolute Gasteiger partial charge is 0.159 e. The van der Waals surface area contributed by atoms with Gasteiger partial charge in [0.05, 0.1) is 41.0 Å². The molecule has 0 amide bonds. The number of pyridine rings is 1. The lowest BCUT2D eigenvalue weighted by molar-refractivity contribution is -0.0369. The monoisotopic (exact) mass is 636 g/mol. The Hall–Kier alpha value is -2.93. The van der Waals surface area contributed by atoms with Crippen molar-refractivity contribution in [2.45, 2.75) is 84.7 Å². The molecule has 44 heavy (non-hydrogen) atoms. The van der Waals surface area contributed by atoms with Gasteiger partial charge in [0.1, 0.15) is 16.9 Å². The Balaban J connectivity index is 0.000000418. The van der Waals surface area contributed by atoms with E-state index in [9.17, 15) is 14.8 Å². The highest BCUT2D eigenvalue weighted by Crippen LogP contribution is 2.41. The molecule has 11 heteroatoms. The van der Waals surface area contributed by atoms with E-state index in [0.717, 1.165) is 82.0 Å². The SMILES string of the molecule is CCC(C)=c1c(P)c(-c2ncc(F)c3sc(N)c(C#N)c23)c2c(/c1=C/N=C(C)N1CCCC1)COC2.CNC1CC(C)(O)C1. The molecule has 2 aromatic heterocycles. The maximum atomic E-state index is 14.7. The van der Waals surface area contributed by atoms with Gasteiger partial charge in [-0.3, -0.25) is 4.98 Å². The second-order valence-electron chi connectivity index (χ2n) is 12.2. The van der Waals surface area contributed by atoms with Crippen LogP contribution in [0, 0.1) is 17.1 Å². The first-order valence-electron chi connectivity index (χ1n) is 15.2. The third kappa shape index (κ3) is 6.14. The molecule has 1 aromatic carbocycles. The summed E-state index contributed by atoms with van der Waals surface area (Å²) in [4.78, 5) is 11.7. The number of fused-ring (bicyclic) bond motifs is 2. The van der Waals surface area contributed by atoms with E-state index in [0.29, 0.717) is 40.0 Å². The van der Waals surface area contributed by atoms with Crippen molar-refractivity contribution in [1.29, 1.82) is 5.26 Å². The Kier molecular flexibility index (Phi) is 9.74. The molecule has 3 aromatic rings. The summed E-state index contributed by atoms with van der Waals surface area (Å²) in [6.07, 6.45) is 8.27. The predicted octanol–water partition coefficient (Wildman–Crippen LogP) is 4.04. The van der Waals surface area contributed by atoms with Gasteiger partial charge in [-0.2, -0.15) is 5.26 Å². The molecule has 2 aliphatic heterocycles. The van der Waals surface area contributed by atoms with E-state index in [2.05, 4.69) is 51.3 Å². The number of aliphatic hydroxyl groups is 1. The van der Waals surface area contributed by atoms with Crippen LogP contribution in [0.5, 0.6) is 0 Å². The molecule has 3 aliphatic rings. The summed E-state index contributed by atoms with van der Waals surface area (Å²) in [6, 6.07) is 2.73. The van der Waals surface area contributed by atoms with Crippen molar-refractivity contribution in [2.75, 3.05) is 25.9 Å². The third-order valence-corrected chi connectivity index (χ3v) is 10.6. The van der Waals surface area contributed by atoms with Gasteiger partial charge < -0.3 is 25.8 Å². The number of hydrogen-bond donors (Lipinski definition) is 3. The van der Waals surface area contributed by atoms with Crippen LogP contribution in [0.1, 0.15) is 76.5 Å². The Morgan fingerprint density at radius 1 is 1.34 bits per heavy atom. The summed E-state index contributed by atoms with van der Waals surface area (Å²) in [5.41, 5.74) is 10.7. The maximum Gasteiger partial charge on any atom is 0.159 e. The number of halogens is 1. The lowest BCUT2D eigenvalue weighted by Crippen LogP contribution is -2.50. The highest BCUT2D eigenvalue weighted by molar-refractivity contribution is 7.28. The number of nitrogens with zero attached hydrogens (tertiary/aromatic N) is 4. The Bertz CT molecular complexity index is 1780. The fourth-order valence-corrected chi connectivity index (χ4v) is 8.03. The average molecular weight is 637 g/mol. The second-order valence-corrected chi connectivity index (χ2v) is 13.8. The van der Waals surface area contributed by atoms with Gasteiger partial charge in [0.25, 0.3) is 0 Å². The Morgan fingerprint density at radius 2 is 2.02 bits per heavy atom. The molecular formula is C33H42FN6O2PS. The molecule has 8 nitrogen and oxygen atoms in total. The van der Waals surface area contributed by atoms with Gasteiger partial charge in [0, 0.05) is 41.5 Å². The number of nitrogen functional groups attached to an aromatic ring is 1. The number of aromatic nitrogens is 1. The zero-order valence-electron chi connectivity index (χ0n) is 26.2. The molecule has 0 spiro atoms. The van der Waals surface area contributed by atoms with E-state index >= 15 is 0 Å². The molecular weight excluding hydrogens is 594 g/mol. The quantitative estimate of drug-likeness (QED) is 0.225. The van der Waals surface area contributed by atoms with E-state index in [1.807, 2.05) is 20.2 Å². The average Bonchev–Trinajstić information content (AvgIpc) is 3.75. The van der Waals surface area contributed by atoms with E-state index < -0.39 is 5.82 Å². The molecule has 6 rings (SSSR count). The van der Waals surface area contributed by atoms with Crippen LogP contribution in [0.4, 0.5) is 9.39 Å². The van der Waals surface area contributed by atoms with Crippen LogP contribution in [0.3, 0.4) is 0 Å². The molecule has 4 N–H and O–H groups in total. The number of nitrogens with two attached hydrogens (primary N) is 1. The zero-order chi connectivity index (χ0) is 31.8. The van der Waals surface area contributed by atoms with Crippen LogP contribution in [-0.2, 0) is 18.0 Å². The number of hydrogen-bond acceptors (Lipinski definition) is 8. The Morgan fingerprint density at radius 3 is 2.61 bits per heavy atom. The summed E-state index contributed by atoms with van der Waals surface area (Å²) < 4.78 is 21.1. The second kappa shape index (κ2) is 13.2. The number of rotatable bonds is 4.